The van der Waals surface area contributed by atoms with Crippen LogP contribution in [-0.4, -0.2) is 73.9 Å². The van der Waals surface area contributed by atoms with Gasteiger partial charge in [0.2, 0.25) is 0 Å². The van der Waals surface area contributed by atoms with Gasteiger partial charge in [0.25, 0.3) is 5.91 Å². The third kappa shape index (κ3) is 8.43. The first-order chi connectivity index (χ1) is 22.8. The zero-order valence-electron chi connectivity index (χ0n) is 26.6. The van der Waals surface area contributed by atoms with E-state index in [4.69, 9.17) is 32.9 Å². The highest BCUT2D eigenvalue weighted by Gasteiger charge is 2.17. The van der Waals surface area contributed by atoms with E-state index in [9.17, 15) is 9.59 Å². The molecular weight excluding hydrogens is 635 g/mol. The Kier molecular flexibility index (Phi) is 11.4. The number of aryl methyl sites for hydroxylation is 1. The first-order valence-electron chi connectivity index (χ1n) is 15.3. The molecule has 0 aliphatic rings. The number of rotatable bonds is 13. The van der Waals surface area contributed by atoms with Crippen molar-refractivity contribution >= 4 is 79.8 Å². The number of halogens is 2. The van der Waals surface area contributed by atoms with E-state index in [1.807, 2.05) is 92.6 Å². The fourth-order valence-electron chi connectivity index (χ4n) is 5.24. The minimum Gasteiger partial charge on any atom is -0.410 e. The third-order valence-electron chi connectivity index (χ3n) is 7.67. The second kappa shape index (κ2) is 15.8. The van der Waals surface area contributed by atoms with Gasteiger partial charge in [0.05, 0.1) is 22.3 Å². The quantitative estimate of drug-likeness (QED) is 0.0874. The Morgan fingerprint density at radius 1 is 0.851 bits per heavy atom. The number of pyridine rings is 1. The molecule has 3 N–H and O–H groups in total. The fourth-order valence-corrected chi connectivity index (χ4v) is 5.65. The molecule has 4 aromatic carbocycles. The number of benzene rings is 4. The molecule has 0 saturated carbocycles. The van der Waals surface area contributed by atoms with Gasteiger partial charge in [-0.15, -0.1) is 23.2 Å². The molecule has 1 aromatic heterocycles. The number of anilines is 4. The molecule has 0 unspecified atom stereocenters. The van der Waals surface area contributed by atoms with E-state index in [-0.39, 0.29) is 5.91 Å². The number of nitrogens with one attached hydrogen (secondary N) is 3. The normalized spacial score (nSPS) is 11.1. The maximum atomic E-state index is 13.2. The van der Waals surface area contributed by atoms with Crippen LogP contribution >= 0.6 is 23.2 Å². The van der Waals surface area contributed by atoms with Crippen LogP contribution in [0.15, 0.2) is 84.9 Å². The fraction of sp³-hybridized carbons (Fsp3) is 0.250. The molecule has 47 heavy (non-hydrogen) atoms. The summed E-state index contributed by atoms with van der Waals surface area (Å²) < 4.78 is 5.56. The number of para-hydroxylation sites is 2. The van der Waals surface area contributed by atoms with Crippen LogP contribution in [-0.2, 0) is 0 Å². The SMILES string of the molecule is Cc1ccc(NC(=O)Oc2ccc(N(CCCl)CCCl)cc2)cc1Nc1c2ccccc2nc2c(C(=O)NCCN(C)C)cccc12. The average molecular weight is 674 g/mol. The van der Waals surface area contributed by atoms with Crippen LogP contribution in [0, 0.1) is 6.92 Å². The van der Waals surface area contributed by atoms with Crippen LogP contribution in [0.4, 0.5) is 27.5 Å². The molecule has 0 fully saturated rings. The van der Waals surface area contributed by atoms with Gasteiger partial charge in [-0.05, 0) is 75.1 Å². The van der Waals surface area contributed by atoms with Gasteiger partial charge in [0.15, 0.2) is 0 Å². The molecule has 0 aliphatic heterocycles. The number of carbonyl (C=O) groups is 2. The number of nitrogens with zero attached hydrogens (tertiary/aromatic N) is 3. The van der Waals surface area contributed by atoms with Gasteiger partial charge in [0.1, 0.15) is 5.75 Å². The summed E-state index contributed by atoms with van der Waals surface area (Å²) in [6.45, 7) is 4.56. The minimum absolute atomic E-state index is 0.176. The smallest absolute Gasteiger partial charge is 0.410 e. The van der Waals surface area contributed by atoms with Gasteiger partial charge in [-0.2, -0.15) is 0 Å². The van der Waals surface area contributed by atoms with Crippen LogP contribution in [0.25, 0.3) is 21.8 Å². The first kappa shape index (κ1) is 33.8. The molecule has 0 atom stereocenters. The Labute approximate surface area is 284 Å². The topological polar surface area (TPSA) is 98.8 Å². The largest absolute Gasteiger partial charge is 0.417 e. The lowest BCUT2D eigenvalue weighted by atomic mass is 10.0. The highest BCUT2D eigenvalue weighted by atomic mass is 35.5. The number of likely N-dealkylation sites (N-methyl/N-ethyl adjacent to an activating group) is 1. The van der Waals surface area contributed by atoms with Crippen molar-refractivity contribution in [3.05, 3.63) is 96.1 Å². The predicted octanol–water partition coefficient (Wildman–Crippen LogP) is 7.63. The van der Waals surface area contributed by atoms with E-state index < -0.39 is 6.09 Å². The highest BCUT2D eigenvalue weighted by molar-refractivity contribution is 6.18. The number of hydrogen-bond acceptors (Lipinski definition) is 7. The summed E-state index contributed by atoms with van der Waals surface area (Å²) in [6.07, 6.45) is -0.615. The Morgan fingerprint density at radius 2 is 1.57 bits per heavy atom. The lowest BCUT2D eigenvalue weighted by Crippen LogP contribution is -2.31. The summed E-state index contributed by atoms with van der Waals surface area (Å²) in [5, 5.41) is 11.1. The second-order valence-electron chi connectivity index (χ2n) is 11.3. The first-order valence-corrected chi connectivity index (χ1v) is 16.4. The molecule has 0 radical (unpaired) electrons. The van der Waals surface area contributed by atoms with Crippen molar-refractivity contribution in [2.75, 3.05) is 67.6 Å². The van der Waals surface area contributed by atoms with Gasteiger partial charge in [0, 0.05) is 65.8 Å². The molecule has 2 amide bonds. The molecular formula is C36H38Cl2N6O3. The molecule has 5 aromatic rings. The molecule has 1 heterocycles. The van der Waals surface area contributed by atoms with Crippen LogP contribution in [0.1, 0.15) is 15.9 Å². The molecule has 0 aliphatic carbocycles. The van der Waals surface area contributed by atoms with Gasteiger partial charge in [-0.3, -0.25) is 10.1 Å². The van der Waals surface area contributed by atoms with Gasteiger partial charge in [-0.25, -0.2) is 9.78 Å². The lowest BCUT2D eigenvalue weighted by molar-refractivity contribution is 0.0952. The summed E-state index contributed by atoms with van der Waals surface area (Å²) in [4.78, 5) is 35.1. The molecule has 0 spiro atoms. The zero-order valence-corrected chi connectivity index (χ0v) is 28.2. The van der Waals surface area contributed by atoms with E-state index in [1.54, 1.807) is 18.2 Å². The van der Waals surface area contributed by atoms with Crippen molar-refractivity contribution in [1.82, 2.24) is 15.2 Å². The number of carbonyl (C=O) groups excluding carboxylic acids is 2. The summed E-state index contributed by atoms with van der Waals surface area (Å²) in [5.74, 6) is 1.19. The Bertz CT molecular complexity index is 1860. The van der Waals surface area contributed by atoms with Gasteiger partial charge >= 0.3 is 6.09 Å². The maximum Gasteiger partial charge on any atom is 0.417 e. The molecule has 244 valence electrons. The van der Waals surface area contributed by atoms with E-state index >= 15 is 0 Å². The number of fused-ring (bicyclic) bond motifs is 2. The van der Waals surface area contributed by atoms with Gasteiger partial charge < -0.3 is 25.2 Å². The zero-order chi connectivity index (χ0) is 33.3. The summed E-state index contributed by atoms with van der Waals surface area (Å²) in [7, 11) is 3.93. The third-order valence-corrected chi connectivity index (χ3v) is 8.00. The van der Waals surface area contributed by atoms with E-state index in [2.05, 4.69) is 20.9 Å². The molecule has 0 bridgehead atoms. The summed E-state index contributed by atoms with van der Waals surface area (Å²) in [6, 6.07) is 26.3. The summed E-state index contributed by atoms with van der Waals surface area (Å²) >= 11 is 11.9. The van der Waals surface area contributed by atoms with E-state index in [0.717, 1.165) is 45.5 Å². The molecule has 5 rings (SSSR count). The van der Waals surface area contributed by atoms with Crippen molar-refractivity contribution in [2.45, 2.75) is 6.92 Å². The summed E-state index contributed by atoms with van der Waals surface area (Å²) in [5.41, 5.74) is 5.92. The Morgan fingerprint density at radius 3 is 2.30 bits per heavy atom. The minimum atomic E-state index is -0.615. The van der Waals surface area contributed by atoms with Gasteiger partial charge in [-0.1, -0.05) is 36.4 Å². The van der Waals surface area contributed by atoms with Crippen molar-refractivity contribution in [3.63, 3.8) is 0 Å². The second-order valence-corrected chi connectivity index (χ2v) is 12.0. The van der Waals surface area contributed by atoms with Crippen LogP contribution in [0.2, 0.25) is 0 Å². The van der Waals surface area contributed by atoms with Crippen molar-refractivity contribution < 1.29 is 14.3 Å². The number of ether oxygens (including phenoxy) is 1. The Balaban J connectivity index is 1.38. The number of alkyl halides is 2. The van der Waals surface area contributed by atoms with E-state index in [1.165, 1.54) is 0 Å². The number of aromatic nitrogens is 1. The molecule has 11 heteroatoms. The van der Waals surface area contributed by atoms with Crippen LogP contribution < -0.4 is 25.6 Å². The van der Waals surface area contributed by atoms with Crippen LogP contribution in [0.3, 0.4) is 0 Å². The number of hydrogen-bond donors (Lipinski definition) is 3. The van der Waals surface area contributed by atoms with Crippen molar-refractivity contribution in [1.29, 1.82) is 0 Å². The van der Waals surface area contributed by atoms with Crippen molar-refractivity contribution in [2.24, 2.45) is 0 Å². The monoisotopic (exact) mass is 672 g/mol. The van der Waals surface area contributed by atoms with E-state index in [0.29, 0.717) is 53.9 Å². The Hall–Kier alpha value is -4.57. The average Bonchev–Trinajstić information content (AvgIpc) is 3.06. The number of amides is 2. The lowest BCUT2D eigenvalue weighted by Gasteiger charge is -2.22. The maximum absolute atomic E-state index is 13.2. The standard InChI is InChI=1S/C36H38Cl2N6O3/c1-24-11-12-25(40-36(46)47-27-15-13-26(14-16-27)44(20-17-37)21-18-38)23-32(24)42-33-28-7-4-5-10-31(28)41-34-29(33)8-6-9-30(34)35(45)39-19-22-43(2)3/h4-16,23H,17-22H2,1-3H3,(H,39,45)(H,40,46)(H,41,42). The predicted molar refractivity (Wildman–Crippen MR) is 194 cm³/mol. The molecule has 9 nitrogen and oxygen atoms in total. The highest BCUT2D eigenvalue weighted by Crippen LogP contribution is 2.36. The van der Waals surface area contributed by atoms with Crippen LogP contribution in [0.5, 0.6) is 5.75 Å². The molecule has 0 saturated heterocycles. The van der Waals surface area contributed by atoms with Crippen molar-refractivity contribution in [3.8, 4) is 5.75 Å².